The molecule has 1 atom stereocenters. The van der Waals surface area contributed by atoms with E-state index in [2.05, 4.69) is 18.2 Å². The van der Waals surface area contributed by atoms with Crippen molar-refractivity contribution in [3.8, 4) is 0 Å². The number of rotatable bonds is 4. The highest BCUT2D eigenvalue weighted by molar-refractivity contribution is 6.62. The van der Waals surface area contributed by atoms with Gasteiger partial charge >= 0.3 is 13.1 Å². The molecule has 0 bridgehead atoms. The fourth-order valence-corrected chi connectivity index (χ4v) is 2.77. The van der Waals surface area contributed by atoms with Gasteiger partial charge in [0.05, 0.1) is 24.2 Å². The lowest BCUT2D eigenvalue weighted by Gasteiger charge is -2.32. The van der Waals surface area contributed by atoms with Gasteiger partial charge in [0.1, 0.15) is 0 Å². The molecule has 1 saturated heterocycles. The van der Waals surface area contributed by atoms with Crippen LogP contribution in [0.3, 0.4) is 0 Å². The number of aryl methyl sites for hydroxylation is 1. The monoisotopic (exact) mass is 318 g/mol. The predicted molar refractivity (Wildman–Crippen MR) is 91.8 cm³/mol. The Morgan fingerprint density at radius 2 is 1.74 bits per heavy atom. The molecule has 1 fully saturated rings. The molecule has 0 spiro atoms. The first-order chi connectivity index (χ1) is 10.6. The van der Waals surface area contributed by atoms with Crippen molar-refractivity contribution < 1.29 is 18.8 Å². The molecule has 23 heavy (non-hydrogen) atoms. The Morgan fingerprint density at radius 3 is 2.26 bits per heavy atom. The molecule has 0 N–H and O–H groups in total. The summed E-state index contributed by atoms with van der Waals surface area (Å²) in [5.41, 5.74) is 2.49. The van der Waals surface area contributed by atoms with Gasteiger partial charge in [-0.25, -0.2) is 0 Å². The van der Waals surface area contributed by atoms with E-state index in [1.807, 2.05) is 41.5 Å². The van der Waals surface area contributed by atoms with Gasteiger partial charge < -0.3 is 14.0 Å². The molecule has 0 saturated carbocycles. The molecule has 0 amide bonds. The molecule has 1 aromatic rings. The molecule has 5 heteroatoms. The molecule has 1 aliphatic rings. The quantitative estimate of drug-likeness (QED) is 0.632. The Morgan fingerprint density at radius 1 is 1.17 bits per heavy atom. The fourth-order valence-electron chi connectivity index (χ4n) is 2.77. The number of benzene rings is 1. The second-order valence-electron chi connectivity index (χ2n) is 7.47. The van der Waals surface area contributed by atoms with E-state index >= 15 is 0 Å². The van der Waals surface area contributed by atoms with Crippen LogP contribution >= 0.6 is 0 Å². The minimum atomic E-state index is -0.382. The summed E-state index contributed by atoms with van der Waals surface area (Å²) in [6.45, 7) is 12.1. The van der Waals surface area contributed by atoms with Crippen LogP contribution in [0.2, 0.25) is 0 Å². The molecule has 2 rings (SSSR count). The number of hydrogen-bond acceptors (Lipinski definition) is 4. The summed E-state index contributed by atoms with van der Waals surface area (Å²) >= 11 is 0. The van der Waals surface area contributed by atoms with Crippen LogP contribution in [-0.2, 0) is 25.3 Å². The summed E-state index contributed by atoms with van der Waals surface area (Å²) in [5.74, 6) is -0.364. The average Bonchev–Trinajstić information content (AvgIpc) is 2.66. The van der Waals surface area contributed by atoms with Gasteiger partial charge in [0.25, 0.3) is 0 Å². The molecule has 126 valence electrons. The first kappa shape index (κ1) is 18.0. The van der Waals surface area contributed by atoms with Crippen molar-refractivity contribution in [2.75, 3.05) is 7.11 Å². The number of carbonyl (C=O) groups is 1. The summed E-state index contributed by atoms with van der Waals surface area (Å²) in [4.78, 5) is 11.6. The smallest absolute Gasteiger partial charge is 0.469 e. The molecular formula is C18H27BO4. The van der Waals surface area contributed by atoms with E-state index in [-0.39, 0.29) is 30.2 Å². The SMILES string of the molecule is COC(=O)[C@@H](C)Cc1cc(C)cc(B2OC(C)(C)C(C)(C)O2)c1. The molecule has 4 nitrogen and oxygen atoms in total. The highest BCUT2D eigenvalue weighted by Crippen LogP contribution is 2.36. The van der Waals surface area contributed by atoms with Crippen molar-refractivity contribution in [2.45, 2.75) is 59.2 Å². The molecule has 1 aromatic carbocycles. The van der Waals surface area contributed by atoms with E-state index in [4.69, 9.17) is 14.0 Å². The van der Waals surface area contributed by atoms with Gasteiger partial charge in [0, 0.05) is 0 Å². The second kappa shape index (κ2) is 6.29. The van der Waals surface area contributed by atoms with Crippen molar-refractivity contribution in [3.63, 3.8) is 0 Å². The van der Waals surface area contributed by atoms with Crippen LogP contribution in [0.5, 0.6) is 0 Å². The van der Waals surface area contributed by atoms with E-state index in [1.165, 1.54) is 7.11 Å². The maximum atomic E-state index is 11.6. The summed E-state index contributed by atoms with van der Waals surface area (Å²) in [6.07, 6.45) is 0.640. The number of methoxy groups -OCH3 is 1. The predicted octanol–water partition coefficient (Wildman–Crippen LogP) is 2.65. The summed E-state index contributed by atoms with van der Waals surface area (Å²) < 4.78 is 17.1. The van der Waals surface area contributed by atoms with E-state index in [0.717, 1.165) is 16.6 Å². The van der Waals surface area contributed by atoms with E-state index in [0.29, 0.717) is 6.42 Å². The van der Waals surface area contributed by atoms with Gasteiger partial charge in [-0.2, -0.15) is 0 Å². The highest BCUT2D eigenvalue weighted by Gasteiger charge is 2.51. The Bertz CT molecular complexity index is 579. The zero-order valence-corrected chi connectivity index (χ0v) is 15.2. The van der Waals surface area contributed by atoms with Crippen LogP contribution in [0.1, 0.15) is 45.7 Å². The van der Waals surface area contributed by atoms with Crippen LogP contribution in [0.4, 0.5) is 0 Å². The van der Waals surface area contributed by atoms with Gasteiger partial charge in [0.15, 0.2) is 0 Å². The summed E-state index contributed by atoms with van der Waals surface area (Å²) in [7, 11) is 1.04. The zero-order valence-electron chi connectivity index (χ0n) is 15.2. The third-order valence-electron chi connectivity index (χ3n) is 4.83. The molecule has 0 radical (unpaired) electrons. The minimum absolute atomic E-state index is 0.173. The van der Waals surface area contributed by atoms with E-state index in [9.17, 15) is 4.79 Å². The topological polar surface area (TPSA) is 44.8 Å². The first-order valence-electron chi connectivity index (χ1n) is 8.09. The lowest BCUT2D eigenvalue weighted by molar-refractivity contribution is -0.144. The molecular weight excluding hydrogens is 291 g/mol. The number of carbonyl (C=O) groups excluding carboxylic acids is 1. The van der Waals surface area contributed by atoms with E-state index in [1.54, 1.807) is 0 Å². The lowest BCUT2D eigenvalue weighted by atomic mass is 9.77. The van der Waals surface area contributed by atoms with Gasteiger partial charge in [-0.3, -0.25) is 4.79 Å². The minimum Gasteiger partial charge on any atom is -0.469 e. The van der Waals surface area contributed by atoms with Crippen molar-refractivity contribution in [1.82, 2.24) is 0 Å². The Kier molecular flexibility index (Phi) is 4.93. The number of hydrogen-bond donors (Lipinski definition) is 0. The van der Waals surface area contributed by atoms with Crippen molar-refractivity contribution in [1.29, 1.82) is 0 Å². The number of ether oxygens (including phenoxy) is 1. The van der Waals surface area contributed by atoms with Crippen LogP contribution in [0, 0.1) is 12.8 Å². The maximum absolute atomic E-state index is 11.6. The van der Waals surface area contributed by atoms with Gasteiger partial charge in [-0.1, -0.05) is 30.7 Å². The van der Waals surface area contributed by atoms with Gasteiger partial charge in [0.2, 0.25) is 0 Å². The fraction of sp³-hybridized carbons (Fsp3) is 0.611. The summed E-state index contributed by atoms with van der Waals surface area (Å²) in [5, 5.41) is 0. The van der Waals surface area contributed by atoms with Gasteiger partial charge in [-0.15, -0.1) is 0 Å². The second-order valence-corrected chi connectivity index (χ2v) is 7.47. The molecule has 0 aromatic heterocycles. The van der Waals surface area contributed by atoms with Crippen molar-refractivity contribution in [3.05, 3.63) is 29.3 Å². The largest absolute Gasteiger partial charge is 0.494 e. The Labute approximate surface area is 139 Å². The number of esters is 1. The Balaban J connectivity index is 2.23. The Hall–Kier alpha value is -1.33. The van der Waals surface area contributed by atoms with Crippen molar-refractivity contribution in [2.24, 2.45) is 5.92 Å². The third-order valence-corrected chi connectivity index (χ3v) is 4.83. The zero-order chi connectivity index (χ0) is 17.4. The van der Waals surface area contributed by atoms with Crippen LogP contribution in [0.25, 0.3) is 0 Å². The van der Waals surface area contributed by atoms with E-state index < -0.39 is 0 Å². The molecule has 0 aliphatic carbocycles. The lowest BCUT2D eigenvalue weighted by Crippen LogP contribution is -2.41. The molecule has 0 unspecified atom stereocenters. The molecule has 1 aliphatic heterocycles. The van der Waals surface area contributed by atoms with Crippen LogP contribution in [0.15, 0.2) is 18.2 Å². The maximum Gasteiger partial charge on any atom is 0.494 e. The third kappa shape index (κ3) is 3.78. The first-order valence-corrected chi connectivity index (χ1v) is 8.09. The molecule has 1 heterocycles. The highest BCUT2D eigenvalue weighted by atomic mass is 16.7. The van der Waals surface area contributed by atoms with Crippen LogP contribution in [-0.4, -0.2) is 31.4 Å². The summed E-state index contributed by atoms with van der Waals surface area (Å²) in [6, 6.07) is 6.23. The normalized spacial score (nSPS) is 20.4. The van der Waals surface area contributed by atoms with Crippen LogP contribution < -0.4 is 5.46 Å². The average molecular weight is 318 g/mol. The van der Waals surface area contributed by atoms with Gasteiger partial charge in [-0.05, 0) is 52.1 Å². The van der Waals surface area contributed by atoms with Crippen molar-refractivity contribution >= 4 is 18.6 Å². The standard InChI is InChI=1S/C18H27BO4/c1-12-8-14(10-13(2)16(20)21-7)11-15(9-12)19-22-17(3,4)18(5,6)23-19/h8-9,11,13H,10H2,1-7H3/t13-/m0/s1.